The van der Waals surface area contributed by atoms with Crippen molar-refractivity contribution in [3.05, 3.63) is 33.8 Å². The number of halogens is 1. The average molecular weight is 342 g/mol. The monoisotopic (exact) mass is 341 g/mol. The molecule has 0 unspecified atom stereocenters. The van der Waals surface area contributed by atoms with Crippen molar-refractivity contribution in [1.29, 1.82) is 0 Å². The largest absolute Gasteiger partial charge is 0.388 e. The van der Waals surface area contributed by atoms with E-state index in [1.807, 2.05) is 19.1 Å². The van der Waals surface area contributed by atoms with Gasteiger partial charge in [-0.1, -0.05) is 12.1 Å². The number of likely N-dealkylation sites (N-methyl/N-ethyl adjacent to an activating group) is 1. The number of aryl methyl sites for hydroxylation is 1. The lowest BCUT2D eigenvalue weighted by Crippen LogP contribution is -2.47. The van der Waals surface area contributed by atoms with Crippen LogP contribution in [0.2, 0.25) is 0 Å². The number of amides is 1. The maximum atomic E-state index is 12.5. The van der Waals surface area contributed by atoms with Crippen LogP contribution in [-0.2, 0) is 4.74 Å². The van der Waals surface area contributed by atoms with E-state index < -0.39 is 5.60 Å². The van der Waals surface area contributed by atoms with Gasteiger partial charge >= 0.3 is 0 Å². The molecule has 0 bridgehead atoms. The molecule has 0 spiro atoms. The van der Waals surface area contributed by atoms with Crippen LogP contribution in [0.25, 0.3) is 0 Å². The minimum atomic E-state index is -0.834. The Bertz CT molecular complexity index is 498. The Balaban J connectivity index is 2.10. The molecule has 110 valence electrons. The van der Waals surface area contributed by atoms with Crippen LogP contribution in [0.15, 0.2) is 22.7 Å². The summed E-state index contributed by atoms with van der Waals surface area (Å²) < 4.78 is 6.07. The Labute approximate surface area is 127 Å². The van der Waals surface area contributed by atoms with E-state index in [-0.39, 0.29) is 5.91 Å². The van der Waals surface area contributed by atoms with Crippen LogP contribution in [0.3, 0.4) is 0 Å². The van der Waals surface area contributed by atoms with Crippen LogP contribution in [0.5, 0.6) is 0 Å². The Hall–Kier alpha value is -0.910. The van der Waals surface area contributed by atoms with Gasteiger partial charge in [0.1, 0.15) is 0 Å². The fourth-order valence-corrected chi connectivity index (χ4v) is 2.87. The quantitative estimate of drug-likeness (QED) is 0.918. The van der Waals surface area contributed by atoms with E-state index in [0.29, 0.717) is 38.2 Å². The number of rotatable bonds is 3. The summed E-state index contributed by atoms with van der Waals surface area (Å²) in [6.07, 6.45) is 1.14. The van der Waals surface area contributed by atoms with Crippen LogP contribution in [0, 0.1) is 6.92 Å². The number of carbonyl (C=O) groups excluding carboxylic acids is 1. The van der Waals surface area contributed by atoms with Crippen molar-refractivity contribution in [2.75, 3.05) is 26.8 Å². The molecule has 0 aromatic heterocycles. The highest BCUT2D eigenvalue weighted by atomic mass is 79.9. The third-order valence-corrected chi connectivity index (χ3v) is 4.78. The summed E-state index contributed by atoms with van der Waals surface area (Å²) in [5.74, 6) is -0.0829. The van der Waals surface area contributed by atoms with E-state index in [9.17, 15) is 9.90 Å². The van der Waals surface area contributed by atoms with Gasteiger partial charge in [-0.05, 0) is 34.5 Å². The summed E-state index contributed by atoms with van der Waals surface area (Å²) in [5, 5.41) is 10.5. The molecular weight excluding hydrogens is 322 g/mol. The van der Waals surface area contributed by atoms with Gasteiger partial charge in [-0.15, -0.1) is 0 Å². The second-order valence-electron chi connectivity index (χ2n) is 5.43. The molecule has 1 saturated heterocycles. The van der Waals surface area contributed by atoms with E-state index in [4.69, 9.17) is 4.74 Å². The smallest absolute Gasteiger partial charge is 0.254 e. The van der Waals surface area contributed by atoms with Gasteiger partial charge in [0.25, 0.3) is 5.91 Å². The number of carbonyl (C=O) groups is 1. The predicted octanol–water partition coefficient (Wildman–Crippen LogP) is 2.37. The van der Waals surface area contributed by atoms with E-state index in [0.717, 1.165) is 10.0 Å². The van der Waals surface area contributed by atoms with Crippen molar-refractivity contribution >= 4 is 21.8 Å². The fraction of sp³-hybridized carbons (Fsp3) is 0.533. The molecule has 1 aromatic rings. The Morgan fingerprint density at radius 3 is 2.75 bits per heavy atom. The average Bonchev–Trinajstić information content (AvgIpc) is 2.41. The first-order chi connectivity index (χ1) is 9.43. The molecule has 20 heavy (non-hydrogen) atoms. The predicted molar refractivity (Wildman–Crippen MR) is 80.8 cm³/mol. The number of nitrogens with zero attached hydrogens (tertiary/aromatic N) is 1. The van der Waals surface area contributed by atoms with Gasteiger partial charge in [-0.2, -0.15) is 0 Å². The molecule has 1 fully saturated rings. The van der Waals surface area contributed by atoms with Gasteiger partial charge in [0, 0.05) is 44.1 Å². The highest BCUT2D eigenvalue weighted by molar-refractivity contribution is 9.10. The molecule has 4 nitrogen and oxygen atoms in total. The van der Waals surface area contributed by atoms with Crippen molar-refractivity contribution in [3.63, 3.8) is 0 Å². The molecule has 1 N–H and O–H groups in total. The molecule has 5 heteroatoms. The topological polar surface area (TPSA) is 49.8 Å². The zero-order valence-corrected chi connectivity index (χ0v) is 13.4. The van der Waals surface area contributed by atoms with E-state index >= 15 is 0 Å². The number of aliphatic hydroxyl groups is 1. The zero-order chi connectivity index (χ0) is 14.8. The lowest BCUT2D eigenvalue weighted by atomic mass is 9.93. The second kappa shape index (κ2) is 6.24. The molecule has 0 atom stereocenters. The summed E-state index contributed by atoms with van der Waals surface area (Å²) >= 11 is 3.46. The van der Waals surface area contributed by atoms with Gasteiger partial charge in [0.2, 0.25) is 0 Å². The van der Waals surface area contributed by atoms with Crippen molar-refractivity contribution in [2.24, 2.45) is 0 Å². The minimum Gasteiger partial charge on any atom is -0.388 e. The number of ether oxygens (including phenoxy) is 1. The third kappa shape index (κ3) is 3.40. The summed E-state index contributed by atoms with van der Waals surface area (Å²) in [6, 6.07) is 5.61. The molecule has 1 aromatic carbocycles. The van der Waals surface area contributed by atoms with Crippen LogP contribution < -0.4 is 0 Å². The fourth-order valence-electron chi connectivity index (χ4n) is 2.44. The molecule has 0 radical (unpaired) electrons. The first kappa shape index (κ1) is 15.5. The number of hydrogen-bond acceptors (Lipinski definition) is 3. The van der Waals surface area contributed by atoms with Crippen LogP contribution in [-0.4, -0.2) is 48.3 Å². The normalized spacial score (nSPS) is 17.8. The molecular formula is C15H20BrNO3. The van der Waals surface area contributed by atoms with Gasteiger partial charge in [-0.3, -0.25) is 4.79 Å². The Morgan fingerprint density at radius 1 is 1.45 bits per heavy atom. The lowest BCUT2D eigenvalue weighted by Gasteiger charge is -2.35. The number of benzene rings is 1. The first-order valence-corrected chi connectivity index (χ1v) is 7.53. The van der Waals surface area contributed by atoms with Crippen LogP contribution >= 0.6 is 15.9 Å². The van der Waals surface area contributed by atoms with E-state index in [1.165, 1.54) is 0 Å². The standard InChI is InChI=1S/C15H20BrNO3/c1-11-4-3-5-12(13(11)16)14(18)17(2)10-15(19)6-8-20-9-7-15/h3-5,19H,6-10H2,1-2H3. The van der Waals surface area contributed by atoms with Crippen molar-refractivity contribution in [2.45, 2.75) is 25.4 Å². The Kier molecular flexibility index (Phi) is 4.83. The molecule has 1 aliphatic heterocycles. The van der Waals surface area contributed by atoms with Gasteiger partial charge in [0.05, 0.1) is 11.2 Å². The highest BCUT2D eigenvalue weighted by Crippen LogP contribution is 2.25. The van der Waals surface area contributed by atoms with Crippen molar-refractivity contribution < 1.29 is 14.6 Å². The van der Waals surface area contributed by atoms with Gasteiger partial charge in [0.15, 0.2) is 0 Å². The molecule has 1 heterocycles. The molecule has 2 rings (SSSR count). The minimum absolute atomic E-state index is 0.0829. The van der Waals surface area contributed by atoms with Gasteiger partial charge in [-0.25, -0.2) is 0 Å². The maximum Gasteiger partial charge on any atom is 0.254 e. The maximum absolute atomic E-state index is 12.5. The first-order valence-electron chi connectivity index (χ1n) is 6.74. The second-order valence-corrected chi connectivity index (χ2v) is 6.23. The molecule has 0 aliphatic carbocycles. The summed E-state index contributed by atoms with van der Waals surface area (Å²) in [4.78, 5) is 14.1. The van der Waals surface area contributed by atoms with Crippen molar-refractivity contribution in [3.8, 4) is 0 Å². The summed E-state index contributed by atoms with van der Waals surface area (Å²) in [7, 11) is 1.73. The van der Waals surface area contributed by atoms with Crippen molar-refractivity contribution in [1.82, 2.24) is 4.90 Å². The SMILES string of the molecule is Cc1cccc(C(=O)N(C)CC2(O)CCOCC2)c1Br. The molecule has 1 aliphatic rings. The molecule has 1 amide bonds. The molecule has 0 saturated carbocycles. The highest BCUT2D eigenvalue weighted by Gasteiger charge is 2.32. The van der Waals surface area contributed by atoms with E-state index in [1.54, 1.807) is 18.0 Å². The van der Waals surface area contributed by atoms with E-state index in [2.05, 4.69) is 15.9 Å². The zero-order valence-electron chi connectivity index (χ0n) is 11.9. The summed E-state index contributed by atoms with van der Waals surface area (Å²) in [5.41, 5.74) is 0.816. The van der Waals surface area contributed by atoms with Crippen LogP contribution in [0.1, 0.15) is 28.8 Å². The third-order valence-electron chi connectivity index (χ3n) is 3.72. The van der Waals surface area contributed by atoms with Crippen LogP contribution in [0.4, 0.5) is 0 Å². The lowest BCUT2D eigenvalue weighted by molar-refractivity contribution is -0.0734. The Morgan fingerprint density at radius 2 is 2.10 bits per heavy atom. The van der Waals surface area contributed by atoms with Gasteiger partial charge < -0.3 is 14.7 Å². The number of hydrogen-bond donors (Lipinski definition) is 1. The summed E-state index contributed by atoms with van der Waals surface area (Å²) in [6.45, 7) is 3.38.